The van der Waals surface area contributed by atoms with Crippen molar-refractivity contribution in [3.8, 4) is 0 Å². The van der Waals surface area contributed by atoms with Gasteiger partial charge in [-0.3, -0.25) is 9.59 Å². The minimum absolute atomic E-state index is 0.0193. The van der Waals surface area contributed by atoms with Crippen LogP contribution in [0.1, 0.15) is 34.1 Å². The SMILES string of the molecule is CCOC(=O)c1cn2c3c(cccc3c1=O)C(=O)CC2. The molecule has 0 atom stereocenters. The Hall–Kier alpha value is -2.43. The number of para-hydroxylation sites is 1. The second-order valence-corrected chi connectivity index (χ2v) is 4.66. The summed E-state index contributed by atoms with van der Waals surface area (Å²) in [7, 11) is 0. The smallest absolute Gasteiger partial charge is 0.343 e. The predicted molar refractivity (Wildman–Crippen MR) is 73.1 cm³/mol. The van der Waals surface area contributed by atoms with Crippen LogP contribution >= 0.6 is 0 Å². The number of rotatable bonds is 2. The van der Waals surface area contributed by atoms with Gasteiger partial charge in [-0.05, 0) is 19.1 Å². The highest BCUT2D eigenvalue weighted by molar-refractivity contribution is 6.08. The van der Waals surface area contributed by atoms with Crippen molar-refractivity contribution < 1.29 is 14.3 Å². The van der Waals surface area contributed by atoms with Gasteiger partial charge in [-0.1, -0.05) is 6.07 Å². The van der Waals surface area contributed by atoms with E-state index >= 15 is 0 Å². The molecule has 102 valence electrons. The third-order valence-electron chi connectivity index (χ3n) is 3.47. The molecule has 0 saturated heterocycles. The summed E-state index contributed by atoms with van der Waals surface area (Å²) < 4.78 is 6.70. The molecule has 0 bridgehead atoms. The molecule has 0 radical (unpaired) electrons. The van der Waals surface area contributed by atoms with Crippen molar-refractivity contribution in [1.82, 2.24) is 4.57 Å². The van der Waals surface area contributed by atoms with Gasteiger partial charge in [0.05, 0.1) is 12.1 Å². The van der Waals surface area contributed by atoms with Crippen molar-refractivity contribution in [3.05, 3.63) is 45.7 Å². The van der Waals surface area contributed by atoms with Crippen LogP contribution in [0.15, 0.2) is 29.2 Å². The van der Waals surface area contributed by atoms with Crippen LogP contribution in [0.5, 0.6) is 0 Å². The first-order valence-corrected chi connectivity index (χ1v) is 6.50. The summed E-state index contributed by atoms with van der Waals surface area (Å²) in [4.78, 5) is 36.1. The molecule has 0 saturated carbocycles. The minimum atomic E-state index is -0.620. The number of ether oxygens (including phenoxy) is 1. The van der Waals surface area contributed by atoms with E-state index in [4.69, 9.17) is 4.74 Å². The molecule has 1 aliphatic rings. The highest BCUT2D eigenvalue weighted by Gasteiger charge is 2.23. The van der Waals surface area contributed by atoms with E-state index in [0.717, 1.165) is 0 Å². The number of hydrogen-bond acceptors (Lipinski definition) is 4. The predicted octanol–water partition coefficient (Wildman–Crippen LogP) is 1.76. The molecule has 1 aliphatic heterocycles. The van der Waals surface area contributed by atoms with E-state index < -0.39 is 5.97 Å². The van der Waals surface area contributed by atoms with Gasteiger partial charge in [-0.15, -0.1) is 0 Å². The number of aromatic nitrogens is 1. The molecular weight excluding hydrogens is 258 g/mol. The Bertz CT molecular complexity index is 788. The average Bonchev–Trinajstić information content (AvgIpc) is 2.45. The Kier molecular flexibility index (Phi) is 2.89. The van der Waals surface area contributed by atoms with Gasteiger partial charge in [0.25, 0.3) is 0 Å². The number of Topliss-reactive ketones (excluding diaryl/α,β-unsaturated/α-hetero) is 1. The zero-order chi connectivity index (χ0) is 14.3. The summed E-state index contributed by atoms with van der Waals surface area (Å²) in [5, 5.41) is 0.390. The summed E-state index contributed by atoms with van der Waals surface area (Å²) in [6, 6.07) is 5.02. The van der Waals surface area contributed by atoms with E-state index in [1.54, 1.807) is 29.7 Å². The van der Waals surface area contributed by atoms with Gasteiger partial charge in [0.15, 0.2) is 5.78 Å². The third-order valence-corrected chi connectivity index (χ3v) is 3.47. The number of hydrogen-bond donors (Lipinski definition) is 0. The molecule has 2 aromatic rings. The average molecular weight is 271 g/mol. The first-order chi connectivity index (χ1) is 9.63. The Morgan fingerprint density at radius 2 is 2.15 bits per heavy atom. The number of nitrogens with zero attached hydrogens (tertiary/aromatic N) is 1. The van der Waals surface area contributed by atoms with Gasteiger partial charge in [-0.25, -0.2) is 4.79 Å². The molecule has 0 unspecified atom stereocenters. The van der Waals surface area contributed by atoms with Crippen LogP contribution in [0, 0.1) is 0 Å². The maximum atomic E-state index is 12.4. The van der Waals surface area contributed by atoms with E-state index in [2.05, 4.69) is 0 Å². The lowest BCUT2D eigenvalue weighted by Crippen LogP contribution is -2.24. The fourth-order valence-electron chi connectivity index (χ4n) is 2.57. The van der Waals surface area contributed by atoms with Crippen molar-refractivity contribution in [2.75, 3.05) is 6.61 Å². The first kappa shape index (κ1) is 12.6. The Labute approximate surface area is 114 Å². The molecule has 2 heterocycles. The van der Waals surface area contributed by atoms with Crippen molar-refractivity contribution in [2.45, 2.75) is 19.9 Å². The normalized spacial score (nSPS) is 13.6. The maximum absolute atomic E-state index is 12.4. The second kappa shape index (κ2) is 4.59. The monoisotopic (exact) mass is 271 g/mol. The number of esters is 1. The van der Waals surface area contributed by atoms with Crippen LogP contribution in [0.25, 0.3) is 10.9 Å². The standard InChI is InChI=1S/C15H13NO4/c1-2-20-15(19)11-8-16-7-6-12(17)9-4-3-5-10(13(9)16)14(11)18/h3-5,8H,2,6-7H2,1H3. The summed E-state index contributed by atoms with van der Waals surface area (Å²) in [6.07, 6.45) is 1.87. The molecule has 5 heteroatoms. The fourth-order valence-corrected chi connectivity index (χ4v) is 2.57. The van der Waals surface area contributed by atoms with Gasteiger partial charge in [0, 0.05) is 30.1 Å². The molecule has 20 heavy (non-hydrogen) atoms. The van der Waals surface area contributed by atoms with Crippen LogP contribution in [-0.2, 0) is 11.3 Å². The quantitative estimate of drug-likeness (QED) is 0.781. The molecular formula is C15H13NO4. The van der Waals surface area contributed by atoms with Crippen molar-refractivity contribution >= 4 is 22.7 Å². The molecule has 0 amide bonds. The van der Waals surface area contributed by atoms with E-state index in [1.807, 2.05) is 0 Å². The summed E-state index contributed by atoms with van der Waals surface area (Å²) in [6.45, 7) is 2.38. The van der Waals surface area contributed by atoms with E-state index in [1.165, 1.54) is 6.20 Å². The number of benzene rings is 1. The minimum Gasteiger partial charge on any atom is -0.462 e. The van der Waals surface area contributed by atoms with Crippen LogP contribution in [0.4, 0.5) is 0 Å². The molecule has 0 aliphatic carbocycles. The van der Waals surface area contributed by atoms with Gasteiger partial charge < -0.3 is 9.30 Å². The van der Waals surface area contributed by atoms with Crippen molar-refractivity contribution in [3.63, 3.8) is 0 Å². The number of carbonyl (C=O) groups excluding carboxylic acids is 2. The second-order valence-electron chi connectivity index (χ2n) is 4.66. The summed E-state index contributed by atoms with van der Waals surface area (Å²) in [5.74, 6) is -0.593. The molecule has 0 fully saturated rings. The number of aryl methyl sites for hydroxylation is 1. The molecule has 0 spiro atoms. The zero-order valence-corrected chi connectivity index (χ0v) is 11.0. The van der Waals surface area contributed by atoms with E-state index in [0.29, 0.717) is 29.4 Å². The van der Waals surface area contributed by atoms with Crippen molar-refractivity contribution in [2.24, 2.45) is 0 Å². The lowest BCUT2D eigenvalue weighted by molar-refractivity contribution is 0.0524. The highest BCUT2D eigenvalue weighted by Crippen LogP contribution is 2.23. The molecule has 5 nitrogen and oxygen atoms in total. The van der Waals surface area contributed by atoms with Gasteiger partial charge >= 0.3 is 5.97 Å². The van der Waals surface area contributed by atoms with Crippen LogP contribution in [0.3, 0.4) is 0 Å². The molecule has 0 N–H and O–H groups in total. The lowest BCUT2D eigenvalue weighted by atomic mass is 9.99. The largest absolute Gasteiger partial charge is 0.462 e. The molecule has 1 aromatic heterocycles. The zero-order valence-electron chi connectivity index (χ0n) is 11.0. The van der Waals surface area contributed by atoms with Crippen molar-refractivity contribution in [1.29, 1.82) is 0 Å². The Morgan fingerprint density at radius 1 is 1.35 bits per heavy atom. The highest BCUT2D eigenvalue weighted by atomic mass is 16.5. The number of ketones is 1. The van der Waals surface area contributed by atoms with Crippen LogP contribution < -0.4 is 5.43 Å². The van der Waals surface area contributed by atoms with Gasteiger partial charge in [0.2, 0.25) is 5.43 Å². The first-order valence-electron chi connectivity index (χ1n) is 6.50. The van der Waals surface area contributed by atoms with Crippen LogP contribution in [-0.4, -0.2) is 22.9 Å². The summed E-state index contributed by atoms with van der Waals surface area (Å²) in [5.41, 5.74) is 0.792. The van der Waals surface area contributed by atoms with E-state index in [9.17, 15) is 14.4 Å². The topological polar surface area (TPSA) is 65.4 Å². The number of pyridine rings is 1. The molecule has 3 rings (SSSR count). The molecule has 1 aromatic carbocycles. The maximum Gasteiger partial charge on any atom is 0.343 e. The fraction of sp³-hybridized carbons (Fsp3) is 0.267. The lowest BCUT2D eigenvalue weighted by Gasteiger charge is -2.19. The van der Waals surface area contributed by atoms with Gasteiger partial charge in [-0.2, -0.15) is 0 Å². The van der Waals surface area contributed by atoms with E-state index in [-0.39, 0.29) is 23.4 Å². The Balaban J connectivity index is 2.35. The van der Waals surface area contributed by atoms with Crippen LogP contribution in [0.2, 0.25) is 0 Å². The Morgan fingerprint density at radius 3 is 2.90 bits per heavy atom. The number of carbonyl (C=O) groups is 2. The summed E-state index contributed by atoms with van der Waals surface area (Å²) >= 11 is 0. The van der Waals surface area contributed by atoms with Gasteiger partial charge in [0.1, 0.15) is 5.56 Å². The third kappa shape index (κ3) is 1.74.